The van der Waals surface area contributed by atoms with E-state index in [1.54, 1.807) is 24.8 Å². The lowest BCUT2D eigenvalue weighted by Gasteiger charge is -2.12. The minimum Gasteiger partial charge on any atom is -0.281 e. The zero-order chi connectivity index (χ0) is 25.0. The molecule has 0 radical (unpaired) electrons. The van der Waals surface area contributed by atoms with Crippen LogP contribution in [-0.2, 0) is 12.6 Å². The zero-order valence-corrected chi connectivity index (χ0v) is 20.3. The van der Waals surface area contributed by atoms with Crippen LogP contribution < -0.4 is 10.6 Å². The van der Waals surface area contributed by atoms with E-state index in [4.69, 9.17) is 5.26 Å². The van der Waals surface area contributed by atoms with Crippen molar-refractivity contribution in [3.05, 3.63) is 98.3 Å². The fourth-order valence-electron chi connectivity index (χ4n) is 3.03. The van der Waals surface area contributed by atoms with Crippen LogP contribution in [0.1, 0.15) is 49.9 Å². The van der Waals surface area contributed by atoms with Crippen molar-refractivity contribution in [3.63, 3.8) is 0 Å². The van der Waals surface area contributed by atoms with E-state index >= 15 is 0 Å². The Hall–Kier alpha value is -3.04. The average Bonchev–Trinajstić information content (AvgIpc) is 3.26. The van der Waals surface area contributed by atoms with Crippen molar-refractivity contribution in [2.24, 2.45) is 4.99 Å². The molecule has 1 aliphatic heterocycles. The van der Waals surface area contributed by atoms with Gasteiger partial charge < -0.3 is 0 Å². The van der Waals surface area contributed by atoms with E-state index in [-0.39, 0.29) is 17.5 Å². The van der Waals surface area contributed by atoms with Crippen molar-refractivity contribution in [2.45, 2.75) is 40.3 Å². The molecule has 6 heteroatoms. The van der Waals surface area contributed by atoms with Crippen molar-refractivity contribution >= 4 is 23.9 Å². The van der Waals surface area contributed by atoms with Gasteiger partial charge in [0.2, 0.25) is 0 Å². The second-order valence-electron chi connectivity index (χ2n) is 6.72. The Balaban J connectivity index is 0.000000313. The molecule has 174 valence electrons. The van der Waals surface area contributed by atoms with Gasteiger partial charge in [-0.25, -0.2) is 0 Å². The molecule has 1 heterocycles. The third-order valence-corrected chi connectivity index (χ3v) is 5.23. The predicted molar refractivity (Wildman–Crippen MR) is 134 cm³/mol. The van der Waals surface area contributed by atoms with Crippen molar-refractivity contribution in [1.29, 1.82) is 5.26 Å². The summed E-state index contributed by atoms with van der Waals surface area (Å²) in [6, 6.07) is 11.9. The molecule has 0 bridgehead atoms. The molecule has 2 aromatic rings. The van der Waals surface area contributed by atoms with Crippen molar-refractivity contribution in [2.75, 3.05) is 6.54 Å². The highest BCUT2D eigenvalue weighted by Crippen LogP contribution is 2.34. The number of allylic oxidation sites excluding steroid dienone is 2. The first-order chi connectivity index (χ1) is 15.7. The van der Waals surface area contributed by atoms with Gasteiger partial charge in [-0.05, 0) is 58.9 Å². The Bertz CT molecular complexity index is 1170. The number of alkyl halides is 3. The van der Waals surface area contributed by atoms with Crippen LogP contribution in [0.2, 0.25) is 0 Å². The molecule has 0 saturated heterocycles. The molecule has 0 spiro atoms. The summed E-state index contributed by atoms with van der Waals surface area (Å²) in [6.07, 6.45) is 1.95. The maximum Gasteiger partial charge on any atom is 0.417 e. The molecule has 0 amide bonds. The van der Waals surface area contributed by atoms with Gasteiger partial charge in [0.25, 0.3) is 0 Å². The van der Waals surface area contributed by atoms with Gasteiger partial charge in [0.15, 0.2) is 0 Å². The maximum absolute atomic E-state index is 12.5. The van der Waals surface area contributed by atoms with E-state index in [1.165, 1.54) is 29.0 Å². The van der Waals surface area contributed by atoms with Gasteiger partial charge in [-0.2, -0.15) is 18.4 Å². The van der Waals surface area contributed by atoms with E-state index < -0.39 is 11.7 Å². The first-order valence-corrected chi connectivity index (χ1v) is 11.4. The molecular weight excluding hydrogens is 441 g/mol. The highest BCUT2D eigenvalue weighted by Gasteiger charge is 2.35. The molecule has 0 aliphatic carbocycles. The normalized spacial score (nSPS) is 11.9. The Labute approximate surface area is 198 Å². The minimum atomic E-state index is -4.45. The van der Waals surface area contributed by atoms with E-state index in [0.29, 0.717) is 0 Å². The van der Waals surface area contributed by atoms with Crippen LogP contribution in [0, 0.1) is 11.3 Å². The van der Waals surface area contributed by atoms with Crippen LogP contribution in [-0.4, -0.2) is 6.54 Å². The summed E-state index contributed by atoms with van der Waals surface area (Å²) in [6.45, 7) is 16.2. The van der Waals surface area contributed by atoms with Crippen LogP contribution in [0.25, 0.3) is 12.2 Å². The number of hydrogen-bond acceptors (Lipinski definition) is 3. The number of aryl methyl sites for hydroxylation is 1. The molecule has 0 aromatic heterocycles. The van der Waals surface area contributed by atoms with Gasteiger partial charge in [-0.15, -0.1) is 0 Å². The van der Waals surface area contributed by atoms with Gasteiger partial charge in [-0.1, -0.05) is 76.0 Å². The third kappa shape index (κ3) is 8.43. The Morgan fingerprint density at radius 3 is 2.48 bits per heavy atom. The number of rotatable bonds is 5. The zero-order valence-electron chi connectivity index (χ0n) is 19.5. The van der Waals surface area contributed by atoms with Crippen LogP contribution in [0.5, 0.6) is 0 Å². The smallest absolute Gasteiger partial charge is 0.281 e. The predicted octanol–water partition coefficient (Wildman–Crippen LogP) is 7.06. The number of hydrogen-bond donors (Lipinski definition) is 0. The Morgan fingerprint density at radius 2 is 1.94 bits per heavy atom. The van der Waals surface area contributed by atoms with Crippen molar-refractivity contribution in [3.8, 4) is 6.07 Å². The average molecular weight is 471 g/mol. The molecule has 3 rings (SSSR count). The van der Waals surface area contributed by atoms with Crippen LogP contribution in [0.3, 0.4) is 0 Å². The lowest BCUT2D eigenvalue weighted by Crippen LogP contribution is -2.20. The lowest BCUT2D eigenvalue weighted by molar-refractivity contribution is -0.138. The molecule has 2 aromatic carbocycles. The highest BCUT2D eigenvalue weighted by atomic mass is 32.2. The summed E-state index contributed by atoms with van der Waals surface area (Å²) in [5.74, 6) is 0. The Kier molecular flexibility index (Phi) is 11.4. The second-order valence-corrected chi connectivity index (χ2v) is 8.09. The maximum atomic E-state index is 12.5. The summed E-state index contributed by atoms with van der Waals surface area (Å²) in [5, 5.41) is 10.9. The van der Waals surface area contributed by atoms with Crippen LogP contribution in [0.15, 0.2) is 70.4 Å². The number of fused-ring (bicyclic) bond motifs is 1. The fourth-order valence-corrected chi connectivity index (χ4v) is 3.71. The second kappa shape index (κ2) is 13.5. The lowest BCUT2D eigenvalue weighted by atomic mass is 9.99. The molecule has 0 fully saturated rings. The van der Waals surface area contributed by atoms with E-state index in [9.17, 15) is 13.2 Å². The van der Waals surface area contributed by atoms with E-state index in [0.717, 1.165) is 21.7 Å². The molecule has 2 nitrogen and oxygen atoms in total. The van der Waals surface area contributed by atoms with Gasteiger partial charge >= 0.3 is 6.18 Å². The first kappa shape index (κ1) is 28.0. The minimum absolute atomic E-state index is 0.163. The quantitative estimate of drug-likeness (QED) is 0.439. The van der Waals surface area contributed by atoms with Gasteiger partial charge in [0.05, 0.1) is 29.1 Å². The summed E-state index contributed by atoms with van der Waals surface area (Å²) in [4.78, 5) is 6.56. The first-order valence-electron chi connectivity index (χ1n) is 10.6. The van der Waals surface area contributed by atoms with Crippen molar-refractivity contribution < 1.29 is 13.2 Å². The largest absolute Gasteiger partial charge is 0.417 e. The molecule has 1 aliphatic rings. The van der Waals surface area contributed by atoms with E-state index in [2.05, 4.69) is 48.5 Å². The summed E-state index contributed by atoms with van der Waals surface area (Å²) >= 11 is 1.64. The van der Waals surface area contributed by atoms with Crippen molar-refractivity contribution in [1.82, 2.24) is 0 Å². The number of benzene rings is 2. The molecule has 33 heavy (non-hydrogen) atoms. The SMILES string of the molecule is C=C/C(=C/c1ccc2c(c1)=CCN=2)SC(=C)C.CC.CCc1cccc(C#N)c1C(F)(F)F. The molecule has 0 N–H and O–H groups in total. The third-order valence-electron chi connectivity index (χ3n) is 4.36. The fraction of sp³-hybridized carbons (Fsp3) is 0.259. The van der Waals surface area contributed by atoms with Gasteiger partial charge in [-0.3, -0.25) is 4.99 Å². The molecular formula is C27H29F3N2S. The standard InChI is InChI=1S/C15H15NS.C10H8F3N.C2H6/c1-4-14(17-11(2)3)10-12-5-6-15-13(9-12)7-8-16-15;1-2-7-4-3-5-8(6-14)9(7)10(11,12)13;1-2/h4-7,9-10H,1-2,8H2,3H3;3-5H,2H2,1H3;1-2H3/b14-10-;;. The number of thioether (sulfide) groups is 1. The van der Waals surface area contributed by atoms with Crippen LogP contribution >= 0.6 is 11.8 Å². The number of nitriles is 1. The van der Waals surface area contributed by atoms with Gasteiger partial charge in [0, 0.05) is 4.91 Å². The topological polar surface area (TPSA) is 36.1 Å². The molecule has 0 atom stereocenters. The van der Waals surface area contributed by atoms with Crippen LogP contribution in [0.4, 0.5) is 13.2 Å². The molecule has 0 unspecified atom stereocenters. The Morgan fingerprint density at radius 1 is 1.24 bits per heavy atom. The summed E-state index contributed by atoms with van der Waals surface area (Å²) in [7, 11) is 0. The summed E-state index contributed by atoms with van der Waals surface area (Å²) < 4.78 is 37.6. The summed E-state index contributed by atoms with van der Waals surface area (Å²) in [5.41, 5.74) is 0.235. The monoisotopic (exact) mass is 470 g/mol. The van der Waals surface area contributed by atoms with E-state index in [1.807, 2.05) is 26.8 Å². The molecule has 0 saturated carbocycles. The number of nitrogens with zero attached hydrogens (tertiary/aromatic N) is 2. The number of halogens is 3. The highest BCUT2D eigenvalue weighted by molar-refractivity contribution is 8.07. The van der Waals surface area contributed by atoms with Gasteiger partial charge in [0.1, 0.15) is 0 Å².